The average molecular weight is 299 g/mol. The molecule has 116 valence electrons. The van der Waals surface area contributed by atoms with Crippen molar-refractivity contribution in [2.45, 2.75) is 46.2 Å². The molecule has 0 saturated carbocycles. The van der Waals surface area contributed by atoms with Crippen LogP contribution in [0.5, 0.6) is 0 Å². The zero-order chi connectivity index (χ0) is 15.5. The zero-order valence-electron chi connectivity index (χ0n) is 13.4. The normalized spacial score (nSPS) is 12.2. The van der Waals surface area contributed by atoms with Crippen molar-refractivity contribution in [2.75, 3.05) is 19.8 Å². The first-order chi connectivity index (χ1) is 9.53. The first-order valence-corrected chi connectivity index (χ1v) is 8.94. The van der Waals surface area contributed by atoms with Crippen LogP contribution in [0.25, 0.3) is 0 Å². The van der Waals surface area contributed by atoms with Gasteiger partial charge < -0.3 is 13.8 Å². The van der Waals surface area contributed by atoms with E-state index < -0.39 is 9.28 Å². The van der Waals surface area contributed by atoms with Gasteiger partial charge in [-0.15, -0.1) is 6.58 Å². The molecule has 1 atom stereocenters. The molecular weight excluding hydrogens is 270 g/mol. The fourth-order valence-corrected chi connectivity index (χ4v) is 4.44. The van der Waals surface area contributed by atoms with Crippen molar-refractivity contribution in [3.05, 3.63) is 24.8 Å². The lowest BCUT2D eigenvalue weighted by Crippen LogP contribution is -2.52. The highest BCUT2D eigenvalue weighted by molar-refractivity contribution is 6.47. The molecule has 0 aromatic heterocycles. The number of nitrogens with zero attached hydrogens (tertiary/aromatic N) is 1. The van der Waals surface area contributed by atoms with Crippen LogP contribution in [-0.4, -0.2) is 45.5 Å². The van der Waals surface area contributed by atoms with Gasteiger partial charge in [0, 0.05) is 25.3 Å². The van der Waals surface area contributed by atoms with Crippen LogP contribution in [0.3, 0.4) is 0 Å². The summed E-state index contributed by atoms with van der Waals surface area (Å²) in [6.45, 7) is 17.0. The fraction of sp³-hybridized carbons (Fsp3) is 0.667. The highest BCUT2D eigenvalue weighted by atomic mass is 28.3. The molecule has 5 heteroatoms. The Morgan fingerprint density at radius 1 is 1.30 bits per heavy atom. The van der Waals surface area contributed by atoms with Crippen LogP contribution < -0.4 is 0 Å². The molecule has 0 fully saturated rings. The lowest BCUT2D eigenvalue weighted by molar-refractivity contribution is -0.128. The fourth-order valence-electron chi connectivity index (χ4n) is 2.09. The predicted molar refractivity (Wildman–Crippen MR) is 85.8 cm³/mol. The SMILES string of the molecule is C=CCN(C(=O)C(=C)C)C(CCC)[SiH](OCC)OCC. The van der Waals surface area contributed by atoms with Gasteiger partial charge in [-0.25, -0.2) is 0 Å². The van der Waals surface area contributed by atoms with Gasteiger partial charge in [-0.3, -0.25) is 4.79 Å². The highest BCUT2D eigenvalue weighted by Crippen LogP contribution is 2.16. The van der Waals surface area contributed by atoms with Crippen molar-refractivity contribution in [3.8, 4) is 0 Å². The van der Waals surface area contributed by atoms with E-state index >= 15 is 0 Å². The van der Waals surface area contributed by atoms with E-state index in [1.54, 1.807) is 17.9 Å². The molecule has 0 rings (SSSR count). The van der Waals surface area contributed by atoms with Gasteiger partial charge in [-0.1, -0.05) is 26.0 Å². The van der Waals surface area contributed by atoms with Crippen molar-refractivity contribution >= 4 is 15.2 Å². The Labute approximate surface area is 125 Å². The number of rotatable bonds is 11. The van der Waals surface area contributed by atoms with Gasteiger partial charge in [0.2, 0.25) is 5.91 Å². The van der Waals surface area contributed by atoms with Gasteiger partial charge in [0.1, 0.15) is 0 Å². The van der Waals surface area contributed by atoms with Gasteiger partial charge in [0.15, 0.2) is 0 Å². The van der Waals surface area contributed by atoms with E-state index in [0.717, 1.165) is 12.8 Å². The van der Waals surface area contributed by atoms with Crippen LogP contribution in [0.15, 0.2) is 24.8 Å². The van der Waals surface area contributed by atoms with Crippen LogP contribution in [-0.2, 0) is 13.6 Å². The second-order valence-corrected chi connectivity index (χ2v) is 6.83. The molecule has 1 unspecified atom stereocenters. The molecule has 0 aromatic rings. The summed E-state index contributed by atoms with van der Waals surface area (Å²) in [5.74, 6) is -0.0414. The zero-order valence-corrected chi connectivity index (χ0v) is 14.5. The summed E-state index contributed by atoms with van der Waals surface area (Å²) in [6.07, 6.45) is 3.60. The predicted octanol–water partition coefficient (Wildman–Crippen LogP) is 2.58. The molecule has 4 nitrogen and oxygen atoms in total. The molecule has 0 heterocycles. The van der Waals surface area contributed by atoms with Crippen molar-refractivity contribution in [3.63, 3.8) is 0 Å². The van der Waals surface area contributed by atoms with Crippen molar-refractivity contribution < 1.29 is 13.6 Å². The molecule has 0 bridgehead atoms. The van der Waals surface area contributed by atoms with E-state index in [2.05, 4.69) is 20.1 Å². The minimum atomic E-state index is -1.94. The lowest BCUT2D eigenvalue weighted by atomic mass is 10.2. The van der Waals surface area contributed by atoms with Gasteiger partial charge in [0.25, 0.3) is 0 Å². The van der Waals surface area contributed by atoms with Gasteiger partial charge in [0.05, 0.1) is 5.67 Å². The molecule has 0 spiro atoms. The maximum Gasteiger partial charge on any atom is 0.344 e. The minimum absolute atomic E-state index is 0.0158. The minimum Gasteiger partial charge on any atom is -0.396 e. The number of hydrogen-bond acceptors (Lipinski definition) is 3. The molecule has 0 saturated heterocycles. The molecular formula is C15H29NO3Si. The second-order valence-electron chi connectivity index (χ2n) is 4.66. The number of amides is 1. The second kappa shape index (κ2) is 10.8. The Morgan fingerprint density at radius 2 is 1.85 bits per heavy atom. The standard InChI is InChI=1S/C15H29NO3Si/c1-7-11-14(20(18-9-3)19-10-4)16(12-8-2)15(17)13(5)6/h8,14,20H,2,5,7,9-12H2,1,3-4,6H3. The molecule has 1 amide bonds. The Bertz CT molecular complexity index is 314. The summed E-state index contributed by atoms with van der Waals surface area (Å²) in [5, 5.41) is 0. The molecule has 0 N–H and O–H groups in total. The first-order valence-electron chi connectivity index (χ1n) is 7.33. The van der Waals surface area contributed by atoms with Gasteiger partial charge in [-0.05, 0) is 27.2 Å². The number of carbonyl (C=O) groups is 1. The molecule has 0 aromatic carbocycles. The van der Waals surface area contributed by atoms with Crippen LogP contribution >= 0.6 is 0 Å². The van der Waals surface area contributed by atoms with E-state index in [9.17, 15) is 4.79 Å². The molecule has 0 aliphatic heterocycles. The Balaban J connectivity index is 5.25. The van der Waals surface area contributed by atoms with Crippen molar-refractivity contribution in [1.82, 2.24) is 4.90 Å². The Hall–Kier alpha value is -0.913. The van der Waals surface area contributed by atoms with Crippen LogP contribution in [0.2, 0.25) is 0 Å². The Kier molecular flexibility index (Phi) is 10.3. The van der Waals surface area contributed by atoms with Crippen LogP contribution in [0, 0.1) is 0 Å². The maximum absolute atomic E-state index is 12.4. The summed E-state index contributed by atoms with van der Waals surface area (Å²) in [7, 11) is -1.94. The third-order valence-electron chi connectivity index (χ3n) is 2.91. The molecule has 0 aliphatic carbocycles. The van der Waals surface area contributed by atoms with E-state index in [0.29, 0.717) is 25.3 Å². The van der Waals surface area contributed by atoms with Crippen LogP contribution in [0.1, 0.15) is 40.5 Å². The molecule has 20 heavy (non-hydrogen) atoms. The summed E-state index contributed by atoms with van der Waals surface area (Å²) in [6, 6.07) is 0. The smallest absolute Gasteiger partial charge is 0.344 e. The van der Waals surface area contributed by atoms with Gasteiger partial charge in [-0.2, -0.15) is 0 Å². The third kappa shape index (κ3) is 6.03. The average Bonchev–Trinajstić information content (AvgIpc) is 2.41. The van der Waals surface area contributed by atoms with Crippen molar-refractivity contribution in [2.24, 2.45) is 0 Å². The van der Waals surface area contributed by atoms with Crippen LogP contribution in [0.4, 0.5) is 0 Å². The summed E-state index contributed by atoms with van der Waals surface area (Å²) < 4.78 is 11.6. The van der Waals surface area contributed by atoms with E-state index in [1.165, 1.54) is 0 Å². The van der Waals surface area contributed by atoms with Crippen molar-refractivity contribution in [1.29, 1.82) is 0 Å². The summed E-state index contributed by atoms with van der Waals surface area (Å²) >= 11 is 0. The maximum atomic E-state index is 12.4. The third-order valence-corrected chi connectivity index (χ3v) is 5.56. The molecule has 0 aliphatic rings. The lowest BCUT2D eigenvalue weighted by Gasteiger charge is -2.34. The van der Waals surface area contributed by atoms with Gasteiger partial charge >= 0.3 is 9.28 Å². The first kappa shape index (κ1) is 19.1. The summed E-state index contributed by atoms with van der Waals surface area (Å²) in [5.41, 5.74) is 0.552. The Morgan fingerprint density at radius 3 is 2.20 bits per heavy atom. The quantitative estimate of drug-likeness (QED) is 0.334. The monoisotopic (exact) mass is 299 g/mol. The summed E-state index contributed by atoms with van der Waals surface area (Å²) in [4.78, 5) is 14.2. The van der Waals surface area contributed by atoms with E-state index in [4.69, 9.17) is 8.85 Å². The number of carbonyl (C=O) groups excluding carboxylic acids is 1. The largest absolute Gasteiger partial charge is 0.396 e. The van der Waals surface area contributed by atoms with E-state index in [-0.39, 0.29) is 11.6 Å². The molecule has 0 radical (unpaired) electrons. The number of hydrogen-bond donors (Lipinski definition) is 0. The highest BCUT2D eigenvalue weighted by Gasteiger charge is 2.33. The topological polar surface area (TPSA) is 38.8 Å². The van der Waals surface area contributed by atoms with E-state index in [1.807, 2.05) is 13.8 Å².